The molecule has 0 bridgehead atoms. The van der Waals surface area contributed by atoms with Gasteiger partial charge in [0.25, 0.3) is 0 Å². The lowest BCUT2D eigenvalue weighted by molar-refractivity contribution is 0.0774. The molecule has 0 unspecified atom stereocenters. The Morgan fingerprint density at radius 3 is 2.57 bits per heavy atom. The van der Waals surface area contributed by atoms with Crippen LogP contribution in [0, 0.1) is 6.92 Å². The van der Waals surface area contributed by atoms with Crippen molar-refractivity contribution in [1.82, 2.24) is 14.8 Å². The van der Waals surface area contributed by atoms with Gasteiger partial charge >= 0.3 is 6.09 Å². The summed E-state index contributed by atoms with van der Waals surface area (Å²) in [6.07, 6.45) is -0.243. The Hall–Kier alpha value is -2.74. The molecule has 0 saturated carbocycles. The normalized spacial score (nSPS) is 14.8. The molecule has 1 fully saturated rings. The molecule has 1 aliphatic rings. The topological polar surface area (TPSA) is 77.3 Å². The summed E-state index contributed by atoms with van der Waals surface area (Å²) in [5.41, 5.74) is 1.63. The van der Waals surface area contributed by atoms with Crippen LogP contribution in [0.1, 0.15) is 18.4 Å². The third kappa shape index (κ3) is 4.39. The third-order valence-electron chi connectivity index (χ3n) is 4.80. The molecule has 1 saturated heterocycles. The lowest BCUT2D eigenvalue weighted by Crippen LogP contribution is -2.48. The van der Waals surface area contributed by atoms with Gasteiger partial charge in [0.1, 0.15) is 17.3 Å². The largest absolute Gasteiger partial charge is 0.497 e. The van der Waals surface area contributed by atoms with E-state index in [0.717, 1.165) is 30.1 Å². The maximum absolute atomic E-state index is 11.8. The van der Waals surface area contributed by atoms with Crippen molar-refractivity contribution < 1.29 is 23.4 Å². The molecule has 1 aromatic heterocycles. The van der Waals surface area contributed by atoms with Gasteiger partial charge in [0.2, 0.25) is 5.89 Å². The summed E-state index contributed by atoms with van der Waals surface area (Å²) in [6, 6.07) is 5.52. The Labute approximate surface area is 165 Å². The predicted octanol–water partition coefficient (Wildman–Crippen LogP) is 2.94. The van der Waals surface area contributed by atoms with Gasteiger partial charge in [0, 0.05) is 32.7 Å². The molecule has 0 radical (unpaired) electrons. The van der Waals surface area contributed by atoms with E-state index in [-0.39, 0.29) is 6.09 Å². The van der Waals surface area contributed by atoms with Gasteiger partial charge in [-0.15, -0.1) is 0 Å². The number of hydrogen-bond donors (Lipinski definition) is 0. The number of rotatable bonds is 6. The van der Waals surface area contributed by atoms with E-state index in [1.807, 2.05) is 32.0 Å². The molecule has 3 rings (SSSR count). The smallest absolute Gasteiger partial charge is 0.409 e. The van der Waals surface area contributed by atoms with Crippen LogP contribution in [0.5, 0.6) is 11.5 Å². The molecule has 1 amide bonds. The van der Waals surface area contributed by atoms with Crippen molar-refractivity contribution in [2.45, 2.75) is 20.4 Å². The Kier molecular flexibility index (Phi) is 6.41. The molecule has 28 heavy (non-hydrogen) atoms. The average molecular weight is 389 g/mol. The molecule has 0 spiro atoms. The molecule has 8 heteroatoms. The number of amides is 1. The van der Waals surface area contributed by atoms with Crippen molar-refractivity contribution in [1.29, 1.82) is 0 Å². The first-order valence-electron chi connectivity index (χ1n) is 9.38. The number of methoxy groups -OCH3 is 2. The number of hydrogen-bond acceptors (Lipinski definition) is 7. The van der Waals surface area contributed by atoms with Crippen LogP contribution in [-0.2, 0) is 11.3 Å². The first-order chi connectivity index (χ1) is 13.5. The highest BCUT2D eigenvalue weighted by Crippen LogP contribution is 2.34. The van der Waals surface area contributed by atoms with Crippen LogP contribution >= 0.6 is 0 Å². The zero-order valence-electron chi connectivity index (χ0n) is 16.9. The molecule has 8 nitrogen and oxygen atoms in total. The molecule has 2 heterocycles. The fraction of sp³-hybridized carbons (Fsp3) is 0.500. The SMILES string of the molecule is CCOC(=O)N1CCN(Cc2nc(-c3cc(OC)ccc3OC)oc2C)CC1. The van der Waals surface area contributed by atoms with Gasteiger partial charge in [-0.25, -0.2) is 9.78 Å². The van der Waals surface area contributed by atoms with Crippen LogP contribution in [0.25, 0.3) is 11.5 Å². The second kappa shape index (κ2) is 8.97. The number of aryl methyl sites for hydroxylation is 1. The van der Waals surface area contributed by atoms with Crippen LogP contribution in [0.2, 0.25) is 0 Å². The monoisotopic (exact) mass is 389 g/mol. The lowest BCUT2D eigenvalue weighted by atomic mass is 10.2. The van der Waals surface area contributed by atoms with E-state index < -0.39 is 0 Å². The van der Waals surface area contributed by atoms with Gasteiger partial charge in [0.15, 0.2) is 0 Å². The van der Waals surface area contributed by atoms with Crippen LogP contribution < -0.4 is 9.47 Å². The van der Waals surface area contributed by atoms with Gasteiger partial charge in [-0.05, 0) is 32.0 Å². The molecule has 2 aromatic rings. The minimum atomic E-state index is -0.243. The summed E-state index contributed by atoms with van der Waals surface area (Å²) < 4.78 is 21.7. The summed E-state index contributed by atoms with van der Waals surface area (Å²) in [4.78, 5) is 20.5. The summed E-state index contributed by atoms with van der Waals surface area (Å²) in [6.45, 7) is 7.61. The summed E-state index contributed by atoms with van der Waals surface area (Å²) in [7, 11) is 3.23. The van der Waals surface area contributed by atoms with Crippen LogP contribution in [0.4, 0.5) is 4.79 Å². The van der Waals surface area contributed by atoms with E-state index in [0.29, 0.717) is 43.6 Å². The number of oxazole rings is 1. The number of piperazine rings is 1. The van der Waals surface area contributed by atoms with Crippen molar-refractivity contribution in [2.75, 3.05) is 47.0 Å². The van der Waals surface area contributed by atoms with Crippen LogP contribution in [0.15, 0.2) is 22.6 Å². The molecular weight excluding hydrogens is 362 g/mol. The van der Waals surface area contributed by atoms with Gasteiger partial charge in [-0.2, -0.15) is 0 Å². The van der Waals surface area contributed by atoms with Crippen molar-refractivity contribution in [3.05, 3.63) is 29.7 Å². The van der Waals surface area contributed by atoms with E-state index in [2.05, 4.69) is 4.90 Å². The number of carbonyl (C=O) groups excluding carboxylic acids is 1. The summed E-state index contributed by atoms with van der Waals surface area (Å²) in [5.74, 6) is 2.67. The second-order valence-electron chi connectivity index (χ2n) is 6.55. The quantitative estimate of drug-likeness (QED) is 0.752. The number of nitrogens with zero attached hydrogens (tertiary/aromatic N) is 3. The van der Waals surface area contributed by atoms with Crippen molar-refractivity contribution in [2.24, 2.45) is 0 Å². The minimum Gasteiger partial charge on any atom is -0.497 e. The van der Waals surface area contributed by atoms with E-state index in [4.69, 9.17) is 23.6 Å². The zero-order valence-corrected chi connectivity index (χ0v) is 16.9. The van der Waals surface area contributed by atoms with Crippen LogP contribution in [-0.4, -0.2) is 67.9 Å². The lowest BCUT2D eigenvalue weighted by Gasteiger charge is -2.33. The maximum Gasteiger partial charge on any atom is 0.409 e. The molecule has 0 aliphatic carbocycles. The Balaban J connectivity index is 1.70. The van der Waals surface area contributed by atoms with E-state index in [1.54, 1.807) is 19.1 Å². The highest BCUT2D eigenvalue weighted by Gasteiger charge is 2.24. The molecule has 152 valence electrons. The Morgan fingerprint density at radius 2 is 1.93 bits per heavy atom. The molecule has 0 atom stereocenters. The molecule has 1 aliphatic heterocycles. The molecule has 0 N–H and O–H groups in total. The maximum atomic E-state index is 11.8. The fourth-order valence-electron chi connectivity index (χ4n) is 3.19. The fourth-order valence-corrected chi connectivity index (χ4v) is 3.19. The average Bonchev–Trinajstić information content (AvgIpc) is 3.08. The third-order valence-corrected chi connectivity index (χ3v) is 4.80. The number of carbonyl (C=O) groups is 1. The first-order valence-corrected chi connectivity index (χ1v) is 9.38. The minimum absolute atomic E-state index is 0.243. The van der Waals surface area contributed by atoms with Crippen molar-refractivity contribution >= 4 is 6.09 Å². The Morgan fingerprint density at radius 1 is 1.18 bits per heavy atom. The van der Waals surface area contributed by atoms with E-state index in [9.17, 15) is 4.79 Å². The molecular formula is C20H27N3O5. The standard InChI is InChI=1S/C20H27N3O5/c1-5-27-20(24)23-10-8-22(9-11-23)13-17-14(2)28-19(21-17)16-12-15(25-3)6-7-18(16)26-4/h6-7,12H,5,8-11,13H2,1-4H3. The Bertz CT molecular complexity index is 812. The van der Waals surface area contributed by atoms with Gasteiger partial charge in [0.05, 0.1) is 32.1 Å². The van der Waals surface area contributed by atoms with Gasteiger partial charge in [-0.3, -0.25) is 4.90 Å². The number of aromatic nitrogens is 1. The first kappa shape index (κ1) is 20.0. The van der Waals surface area contributed by atoms with Crippen molar-refractivity contribution in [3.8, 4) is 23.0 Å². The van der Waals surface area contributed by atoms with Crippen LogP contribution in [0.3, 0.4) is 0 Å². The predicted molar refractivity (Wildman–Crippen MR) is 104 cm³/mol. The highest BCUT2D eigenvalue weighted by molar-refractivity contribution is 5.67. The van der Waals surface area contributed by atoms with Gasteiger partial charge in [-0.1, -0.05) is 0 Å². The highest BCUT2D eigenvalue weighted by atomic mass is 16.6. The summed E-state index contributed by atoms with van der Waals surface area (Å²) in [5, 5.41) is 0. The zero-order chi connectivity index (χ0) is 20.1. The van der Waals surface area contributed by atoms with Crippen molar-refractivity contribution in [3.63, 3.8) is 0 Å². The summed E-state index contributed by atoms with van der Waals surface area (Å²) >= 11 is 0. The van der Waals surface area contributed by atoms with E-state index >= 15 is 0 Å². The number of benzene rings is 1. The second-order valence-corrected chi connectivity index (χ2v) is 6.55. The number of ether oxygens (including phenoxy) is 3. The van der Waals surface area contributed by atoms with Gasteiger partial charge < -0.3 is 23.5 Å². The van der Waals surface area contributed by atoms with E-state index in [1.165, 1.54) is 0 Å². The molecule has 1 aromatic carbocycles.